The molecule has 3 aromatic rings. The molecule has 5 nitrogen and oxygen atoms in total. The van der Waals surface area contributed by atoms with Gasteiger partial charge in [0.2, 0.25) is 5.13 Å². The quantitative estimate of drug-likeness (QED) is 0.480. The fraction of sp³-hybridized carbons (Fsp3) is 0.211. The zero-order valence-corrected chi connectivity index (χ0v) is 16.2. The topological polar surface area (TPSA) is 64.1 Å². The van der Waals surface area contributed by atoms with Gasteiger partial charge in [0, 0.05) is 5.75 Å². The number of amides is 1. The molecule has 1 amide bonds. The van der Waals surface area contributed by atoms with Gasteiger partial charge < -0.3 is 4.74 Å². The van der Waals surface area contributed by atoms with Crippen LogP contribution < -0.4 is 10.1 Å². The summed E-state index contributed by atoms with van der Waals surface area (Å²) in [4.78, 5) is 12.0. The van der Waals surface area contributed by atoms with Crippen LogP contribution in [0.3, 0.4) is 0 Å². The van der Waals surface area contributed by atoms with Crippen molar-refractivity contribution >= 4 is 34.1 Å². The van der Waals surface area contributed by atoms with E-state index in [4.69, 9.17) is 4.74 Å². The number of benzene rings is 2. The number of hydrogen-bond acceptors (Lipinski definition) is 6. The summed E-state index contributed by atoms with van der Waals surface area (Å²) in [5, 5.41) is 11.3. The van der Waals surface area contributed by atoms with E-state index in [0.29, 0.717) is 10.9 Å². The first-order valence-corrected chi connectivity index (χ1v) is 9.90. The van der Waals surface area contributed by atoms with Crippen molar-refractivity contribution in [2.45, 2.75) is 23.9 Å². The maximum Gasteiger partial charge on any atom is 0.264 e. The van der Waals surface area contributed by atoms with Crippen molar-refractivity contribution in [3.63, 3.8) is 0 Å². The molecule has 3 rings (SSSR count). The van der Waals surface area contributed by atoms with Crippen molar-refractivity contribution < 1.29 is 9.53 Å². The first kappa shape index (κ1) is 18.4. The van der Waals surface area contributed by atoms with Gasteiger partial charge in [-0.2, -0.15) is 0 Å². The second-order valence-corrected chi connectivity index (χ2v) is 7.95. The minimum absolute atomic E-state index is 0.0593. The molecule has 0 radical (unpaired) electrons. The predicted octanol–water partition coefficient (Wildman–Crippen LogP) is 4.46. The number of nitrogens with zero attached hydrogens (tertiary/aromatic N) is 2. The summed E-state index contributed by atoms with van der Waals surface area (Å²) in [6.07, 6.45) is 0. The van der Waals surface area contributed by atoms with E-state index < -0.39 is 0 Å². The Labute approximate surface area is 160 Å². The maximum atomic E-state index is 12.0. The summed E-state index contributed by atoms with van der Waals surface area (Å²) >= 11 is 2.96. The minimum atomic E-state index is -0.250. The van der Waals surface area contributed by atoms with E-state index in [1.807, 2.05) is 31.2 Å². The van der Waals surface area contributed by atoms with Gasteiger partial charge >= 0.3 is 0 Å². The van der Waals surface area contributed by atoms with Gasteiger partial charge in [0.1, 0.15) is 5.75 Å². The number of nitrogens with one attached hydrogen (secondary N) is 1. The maximum absolute atomic E-state index is 12.0. The van der Waals surface area contributed by atoms with Crippen molar-refractivity contribution in [1.29, 1.82) is 0 Å². The van der Waals surface area contributed by atoms with Crippen molar-refractivity contribution in [1.82, 2.24) is 10.2 Å². The highest BCUT2D eigenvalue weighted by atomic mass is 32.2. The molecular weight excluding hydrogens is 366 g/mol. The van der Waals surface area contributed by atoms with Gasteiger partial charge in [0.15, 0.2) is 10.9 Å². The van der Waals surface area contributed by atoms with Gasteiger partial charge in [-0.1, -0.05) is 71.1 Å². The van der Waals surface area contributed by atoms with Crippen LogP contribution in [0.1, 0.15) is 16.7 Å². The number of aryl methyl sites for hydroxylation is 2. The van der Waals surface area contributed by atoms with Crippen LogP contribution in [0.4, 0.5) is 5.13 Å². The third-order valence-corrected chi connectivity index (χ3v) is 5.63. The summed E-state index contributed by atoms with van der Waals surface area (Å²) in [7, 11) is 0. The number of rotatable bonds is 7. The van der Waals surface area contributed by atoms with Crippen LogP contribution in [0.15, 0.2) is 52.9 Å². The molecule has 0 atom stereocenters. The van der Waals surface area contributed by atoms with Crippen LogP contribution in [0.2, 0.25) is 0 Å². The number of carbonyl (C=O) groups excluding carboxylic acids is 1. The second-order valence-electron chi connectivity index (χ2n) is 5.75. The molecule has 0 saturated carbocycles. The third-order valence-electron chi connectivity index (χ3n) is 3.59. The first-order valence-electron chi connectivity index (χ1n) is 8.10. The number of hydrogen-bond donors (Lipinski definition) is 1. The highest BCUT2D eigenvalue weighted by Gasteiger charge is 2.10. The van der Waals surface area contributed by atoms with E-state index in [1.54, 1.807) is 11.8 Å². The number of thioether (sulfide) groups is 1. The van der Waals surface area contributed by atoms with Crippen LogP contribution >= 0.6 is 23.1 Å². The average Bonchev–Trinajstić information content (AvgIpc) is 3.08. The van der Waals surface area contributed by atoms with E-state index in [0.717, 1.165) is 15.7 Å². The lowest BCUT2D eigenvalue weighted by atomic mass is 10.2. The zero-order valence-electron chi connectivity index (χ0n) is 14.6. The Morgan fingerprint density at radius 2 is 1.88 bits per heavy atom. The number of anilines is 1. The Morgan fingerprint density at radius 1 is 1.12 bits per heavy atom. The molecule has 0 aliphatic heterocycles. The number of carbonyl (C=O) groups is 1. The van der Waals surface area contributed by atoms with Crippen LogP contribution in [0, 0.1) is 13.8 Å². The molecule has 0 spiro atoms. The Balaban J connectivity index is 1.47. The Kier molecular flexibility index (Phi) is 6.25. The number of ether oxygens (including phenoxy) is 1. The van der Waals surface area contributed by atoms with Crippen LogP contribution in [0.5, 0.6) is 5.75 Å². The molecule has 134 valence electrons. The lowest BCUT2D eigenvalue weighted by molar-refractivity contribution is -0.118. The highest BCUT2D eigenvalue weighted by Crippen LogP contribution is 2.28. The van der Waals surface area contributed by atoms with E-state index in [2.05, 4.69) is 46.7 Å². The van der Waals surface area contributed by atoms with Crippen molar-refractivity contribution in [3.8, 4) is 5.75 Å². The Bertz CT molecular complexity index is 879. The van der Waals surface area contributed by atoms with Crippen LogP contribution in [-0.4, -0.2) is 22.7 Å². The Morgan fingerprint density at radius 3 is 2.65 bits per heavy atom. The molecule has 0 fully saturated rings. The molecule has 1 N–H and O–H groups in total. The third kappa shape index (κ3) is 5.31. The summed E-state index contributed by atoms with van der Waals surface area (Å²) in [6, 6.07) is 16.0. The lowest BCUT2D eigenvalue weighted by Crippen LogP contribution is -2.20. The van der Waals surface area contributed by atoms with Crippen molar-refractivity contribution in [2.75, 3.05) is 11.9 Å². The second kappa shape index (κ2) is 8.82. The largest absolute Gasteiger partial charge is 0.483 e. The van der Waals surface area contributed by atoms with Gasteiger partial charge in [0.05, 0.1) is 0 Å². The molecular formula is C19H19N3O2S2. The van der Waals surface area contributed by atoms with E-state index in [9.17, 15) is 4.79 Å². The van der Waals surface area contributed by atoms with Crippen LogP contribution in [0.25, 0.3) is 0 Å². The SMILES string of the molecule is Cc1ccc(CSc2nnc(NC(=O)COc3ccccc3C)s2)cc1. The smallest absolute Gasteiger partial charge is 0.264 e. The average molecular weight is 386 g/mol. The highest BCUT2D eigenvalue weighted by molar-refractivity contribution is 8.00. The minimum Gasteiger partial charge on any atom is -0.483 e. The van der Waals surface area contributed by atoms with Gasteiger partial charge in [-0.25, -0.2) is 0 Å². The molecule has 0 bridgehead atoms. The van der Waals surface area contributed by atoms with Crippen molar-refractivity contribution in [3.05, 3.63) is 65.2 Å². The molecule has 1 aromatic heterocycles. The summed E-state index contributed by atoms with van der Waals surface area (Å²) in [5.41, 5.74) is 3.46. The van der Waals surface area contributed by atoms with Gasteiger partial charge in [-0.15, -0.1) is 10.2 Å². The standard InChI is InChI=1S/C19H19N3O2S2/c1-13-7-9-15(10-8-13)12-25-19-22-21-18(26-19)20-17(23)11-24-16-6-4-3-5-14(16)2/h3-10H,11-12H2,1-2H3,(H,20,21,23). The molecule has 0 unspecified atom stereocenters. The predicted molar refractivity (Wildman–Crippen MR) is 106 cm³/mol. The number of aromatic nitrogens is 2. The van der Waals surface area contributed by atoms with Gasteiger partial charge in [-0.05, 0) is 31.0 Å². The monoisotopic (exact) mass is 385 g/mol. The van der Waals surface area contributed by atoms with E-state index >= 15 is 0 Å². The van der Waals surface area contributed by atoms with E-state index in [1.165, 1.54) is 22.5 Å². The molecule has 0 saturated heterocycles. The summed E-state index contributed by atoms with van der Waals surface area (Å²) in [5.74, 6) is 1.27. The zero-order chi connectivity index (χ0) is 18.4. The number of para-hydroxylation sites is 1. The lowest BCUT2D eigenvalue weighted by Gasteiger charge is -2.07. The fourth-order valence-electron chi connectivity index (χ4n) is 2.17. The molecule has 26 heavy (non-hydrogen) atoms. The normalized spacial score (nSPS) is 10.5. The Hall–Kier alpha value is -2.38. The fourth-order valence-corrected chi connectivity index (χ4v) is 3.89. The molecule has 2 aromatic carbocycles. The van der Waals surface area contributed by atoms with E-state index in [-0.39, 0.29) is 12.5 Å². The van der Waals surface area contributed by atoms with Crippen molar-refractivity contribution in [2.24, 2.45) is 0 Å². The van der Waals surface area contributed by atoms with Gasteiger partial charge in [-0.3, -0.25) is 10.1 Å². The molecule has 0 aliphatic carbocycles. The molecule has 7 heteroatoms. The molecule has 1 heterocycles. The summed E-state index contributed by atoms with van der Waals surface area (Å²) < 4.78 is 6.35. The first-order chi connectivity index (χ1) is 12.6. The van der Waals surface area contributed by atoms with Gasteiger partial charge in [0.25, 0.3) is 5.91 Å². The summed E-state index contributed by atoms with van der Waals surface area (Å²) in [6.45, 7) is 3.95. The molecule has 0 aliphatic rings. The van der Waals surface area contributed by atoms with Crippen LogP contribution in [-0.2, 0) is 10.5 Å².